The highest BCUT2D eigenvalue weighted by Gasteiger charge is 1.91. The van der Waals surface area contributed by atoms with Crippen molar-refractivity contribution < 1.29 is 4.58 Å². The Morgan fingerprint density at radius 2 is 2.15 bits per heavy atom. The zero-order valence-electron chi connectivity index (χ0n) is 8.45. The van der Waals surface area contributed by atoms with Crippen LogP contribution in [0.2, 0.25) is 0 Å². The second-order valence-corrected chi connectivity index (χ2v) is 3.44. The van der Waals surface area contributed by atoms with E-state index in [1.54, 1.807) is 6.34 Å². The summed E-state index contributed by atoms with van der Waals surface area (Å²) in [5, 5.41) is 0. The van der Waals surface area contributed by atoms with Crippen molar-refractivity contribution in [1.82, 2.24) is 0 Å². The average molecular weight is 201 g/mol. The van der Waals surface area contributed by atoms with Crippen molar-refractivity contribution in [1.29, 1.82) is 0 Å². The Labute approximate surface area is 86.9 Å². The molecule has 0 rings (SSSR count). The molecule has 0 aliphatic heterocycles. The summed E-state index contributed by atoms with van der Waals surface area (Å²) in [6.45, 7) is 3.20. The second-order valence-electron chi connectivity index (χ2n) is 2.99. The predicted octanol–water partition coefficient (Wildman–Crippen LogP) is 2.01. The summed E-state index contributed by atoms with van der Waals surface area (Å²) >= 11 is 4.14. The van der Waals surface area contributed by atoms with Gasteiger partial charge in [-0.15, -0.1) is 0 Å². The number of hydrogen-bond donors (Lipinski definition) is 2. The van der Waals surface area contributed by atoms with Crippen molar-refractivity contribution in [2.75, 3.05) is 12.3 Å². The standard InChI is InChI=1S/C10H20N2S/c1-2-3-7-12(10-11)8-5-4-6-9-13/h5,8,10-11,13H,2-4,6-7,9H2,1H3/p+1/b8-5-. The quantitative estimate of drug-likeness (QED) is 0.213. The van der Waals surface area contributed by atoms with Gasteiger partial charge in [-0.2, -0.15) is 12.6 Å². The minimum atomic E-state index is 0.950. The Kier molecular flexibility index (Phi) is 9.32. The molecule has 76 valence electrons. The minimum absolute atomic E-state index is 0.950. The van der Waals surface area contributed by atoms with Crippen LogP contribution in [0.15, 0.2) is 12.3 Å². The van der Waals surface area contributed by atoms with Gasteiger partial charge in [-0.1, -0.05) is 13.3 Å². The number of allylic oxidation sites excluding steroid dienone is 1. The largest absolute Gasteiger partial charge is 0.293 e. The monoisotopic (exact) mass is 201 g/mol. The maximum Gasteiger partial charge on any atom is 0.234 e. The molecule has 0 saturated heterocycles. The van der Waals surface area contributed by atoms with Gasteiger partial charge in [0.25, 0.3) is 0 Å². The summed E-state index contributed by atoms with van der Waals surface area (Å²) < 4.78 is 2.03. The van der Waals surface area contributed by atoms with Crippen LogP contribution >= 0.6 is 12.6 Å². The molecule has 0 aromatic rings. The van der Waals surface area contributed by atoms with Crippen LogP contribution in [0.3, 0.4) is 0 Å². The van der Waals surface area contributed by atoms with Gasteiger partial charge in [-0.25, -0.2) is 4.58 Å². The first-order valence-electron chi connectivity index (χ1n) is 4.93. The van der Waals surface area contributed by atoms with E-state index in [4.69, 9.17) is 5.73 Å². The highest BCUT2D eigenvalue weighted by molar-refractivity contribution is 7.80. The summed E-state index contributed by atoms with van der Waals surface area (Å²) in [5.41, 5.74) is 5.46. The molecular weight excluding hydrogens is 180 g/mol. The molecule has 0 aromatic heterocycles. The lowest BCUT2D eigenvalue weighted by Gasteiger charge is -1.97. The SMILES string of the molecule is CCCC[N+](=CN)/C=C\CCCS. The van der Waals surface area contributed by atoms with Gasteiger partial charge in [0.2, 0.25) is 6.34 Å². The molecule has 0 bridgehead atoms. The molecule has 0 aliphatic carbocycles. The van der Waals surface area contributed by atoms with Crippen LogP contribution in [0.1, 0.15) is 32.6 Å². The molecule has 0 aromatic carbocycles. The van der Waals surface area contributed by atoms with Crippen LogP contribution in [0.5, 0.6) is 0 Å². The third kappa shape index (κ3) is 7.91. The number of nitrogens with two attached hydrogens (primary N) is 1. The lowest BCUT2D eigenvalue weighted by molar-refractivity contribution is -0.453. The van der Waals surface area contributed by atoms with E-state index in [9.17, 15) is 0 Å². The van der Waals surface area contributed by atoms with Gasteiger partial charge < -0.3 is 0 Å². The van der Waals surface area contributed by atoms with Gasteiger partial charge in [-0.05, 0) is 31.1 Å². The molecule has 0 unspecified atom stereocenters. The molecule has 2 N–H and O–H groups in total. The molecule has 0 spiro atoms. The van der Waals surface area contributed by atoms with E-state index >= 15 is 0 Å². The Morgan fingerprint density at radius 3 is 2.69 bits per heavy atom. The normalized spacial score (nSPS) is 12.6. The van der Waals surface area contributed by atoms with Crippen LogP contribution in [0, 0.1) is 0 Å². The Bertz CT molecular complexity index is 164. The fraction of sp³-hybridized carbons (Fsp3) is 0.700. The molecule has 13 heavy (non-hydrogen) atoms. The van der Waals surface area contributed by atoms with E-state index < -0.39 is 0 Å². The highest BCUT2D eigenvalue weighted by Crippen LogP contribution is 1.94. The van der Waals surface area contributed by atoms with Crippen molar-refractivity contribution in [3.05, 3.63) is 12.3 Å². The minimum Gasteiger partial charge on any atom is -0.293 e. The Balaban J connectivity index is 3.64. The molecule has 2 nitrogen and oxygen atoms in total. The smallest absolute Gasteiger partial charge is 0.234 e. The van der Waals surface area contributed by atoms with Crippen molar-refractivity contribution in [3.8, 4) is 0 Å². The highest BCUT2D eigenvalue weighted by atomic mass is 32.1. The molecule has 0 fully saturated rings. The van der Waals surface area contributed by atoms with E-state index in [2.05, 4.69) is 31.8 Å². The predicted molar refractivity (Wildman–Crippen MR) is 62.5 cm³/mol. The Morgan fingerprint density at radius 1 is 1.38 bits per heavy atom. The zero-order chi connectivity index (χ0) is 9.94. The first-order valence-corrected chi connectivity index (χ1v) is 5.56. The van der Waals surface area contributed by atoms with E-state index in [1.165, 1.54) is 12.8 Å². The molecule has 0 aliphatic rings. The summed E-state index contributed by atoms with van der Waals surface area (Å²) in [6.07, 6.45) is 10.4. The molecule has 0 atom stereocenters. The van der Waals surface area contributed by atoms with Crippen molar-refractivity contribution in [2.24, 2.45) is 5.73 Å². The van der Waals surface area contributed by atoms with Gasteiger partial charge in [0.15, 0.2) is 0 Å². The van der Waals surface area contributed by atoms with Crippen LogP contribution in [0.4, 0.5) is 0 Å². The zero-order valence-corrected chi connectivity index (χ0v) is 9.34. The number of nitrogens with zero attached hydrogens (tertiary/aromatic N) is 1. The van der Waals surface area contributed by atoms with Gasteiger partial charge in [-0.3, -0.25) is 5.73 Å². The van der Waals surface area contributed by atoms with E-state index in [1.807, 2.05) is 4.58 Å². The second kappa shape index (κ2) is 9.65. The number of unbranched alkanes of at least 4 members (excludes halogenated alkanes) is 2. The number of rotatable bonds is 7. The van der Waals surface area contributed by atoms with Gasteiger partial charge in [0, 0.05) is 0 Å². The van der Waals surface area contributed by atoms with Crippen LogP contribution < -0.4 is 5.73 Å². The molecular formula is C10H21N2S+. The summed E-state index contributed by atoms with van der Waals surface area (Å²) in [4.78, 5) is 0. The topological polar surface area (TPSA) is 29.0 Å². The van der Waals surface area contributed by atoms with E-state index in [-0.39, 0.29) is 0 Å². The first kappa shape index (κ1) is 12.6. The third-order valence-electron chi connectivity index (χ3n) is 1.79. The van der Waals surface area contributed by atoms with Gasteiger partial charge >= 0.3 is 0 Å². The third-order valence-corrected chi connectivity index (χ3v) is 2.10. The lowest BCUT2D eigenvalue weighted by atomic mass is 10.3. The maximum atomic E-state index is 5.46. The lowest BCUT2D eigenvalue weighted by Crippen LogP contribution is -2.12. The fourth-order valence-electron chi connectivity index (χ4n) is 0.959. The van der Waals surface area contributed by atoms with Gasteiger partial charge in [0.05, 0.1) is 12.7 Å². The molecule has 0 amide bonds. The van der Waals surface area contributed by atoms with Gasteiger partial charge in [0.1, 0.15) is 0 Å². The van der Waals surface area contributed by atoms with Crippen molar-refractivity contribution in [3.63, 3.8) is 0 Å². The van der Waals surface area contributed by atoms with E-state index in [0.717, 1.165) is 25.1 Å². The summed E-state index contributed by atoms with van der Waals surface area (Å²) in [5.74, 6) is 0.950. The Hall–Kier alpha value is -0.440. The number of hydrogen-bond acceptors (Lipinski definition) is 1. The molecule has 0 radical (unpaired) electrons. The van der Waals surface area contributed by atoms with Crippen LogP contribution in [-0.4, -0.2) is 23.2 Å². The average Bonchev–Trinajstić information content (AvgIpc) is 2.17. The summed E-state index contributed by atoms with van der Waals surface area (Å²) in [6, 6.07) is 0. The van der Waals surface area contributed by atoms with Crippen molar-refractivity contribution in [2.45, 2.75) is 32.6 Å². The summed E-state index contributed by atoms with van der Waals surface area (Å²) in [7, 11) is 0. The first-order chi connectivity index (χ1) is 6.35. The van der Waals surface area contributed by atoms with E-state index in [0.29, 0.717) is 0 Å². The maximum absolute atomic E-state index is 5.46. The van der Waals surface area contributed by atoms with Crippen molar-refractivity contribution >= 4 is 19.0 Å². The molecule has 3 heteroatoms. The molecule has 0 saturated carbocycles. The van der Waals surface area contributed by atoms with Crippen LogP contribution in [0.25, 0.3) is 0 Å². The van der Waals surface area contributed by atoms with Crippen LogP contribution in [-0.2, 0) is 0 Å². The molecule has 0 heterocycles. The number of thiol groups is 1. The fourth-order valence-corrected chi connectivity index (χ4v) is 1.14.